The topological polar surface area (TPSA) is 187 Å². The maximum atomic E-state index is 14.7. The summed E-state index contributed by atoms with van der Waals surface area (Å²) in [4.78, 5) is 83.4. The first-order valence-corrected chi connectivity index (χ1v) is 25.1. The Kier molecular flexibility index (Phi) is 17.2. The number of hydrogen-bond acceptors (Lipinski definition) is 11. The van der Waals surface area contributed by atoms with Crippen LogP contribution in [0.25, 0.3) is 0 Å². The van der Waals surface area contributed by atoms with E-state index in [0.717, 1.165) is 54.1 Å². The molecule has 3 heterocycles. The van der Waals surface area contributed by atoms with Gasteiger partial charge in [-0.25, -0.2) is 14.6 Å². The molecule has 2 aromatic carbocycles. The summed E-state index contributed by atoms with van der Waals surface area (Å²) < 4.78 is 11.2. The molecule has 3 aromatic rings. The summed E-state index contributed by atoms with van der Waals surface area (Å²) in [6.07, 6.45) is 6.67. The van der Waals surface area contributed by atoms with E-state index in [4.69, 9.17) is 14.5 Å². The van der Waals surface area contributed by atoms with Gasteiger partial charge in [-0.1, -0.05) is 39.8 Å². The number of pyridine rings is 1. The molecule has 17 heteroatoms. The number of likely N-dealkylation sites (tertiary alicyclic amines) is 1. The van der Waals surface area contributed by atoms with Gasteiger partial charge >= 0.3 is 12.2 Å². The fourth-order valence-corrected chi connectivity index (χ4v) is 9.76. The number of nitrogens with one attached hydrogen (secondary N) is 4. The Labute approximate surface area is 406 Å². The van der Waals surface area contributed by atoms with Crippen molar-refractivity contribution in [2.24, 2.45) is 22.7 Å². The molecule has 0 radical (unpaired) electrons. The Hall–Kier alpha value is -5.68. The van der Waals surface area contributed by atoms with E-state index in [1.807, 2.05) is 13.0 Å². The minimum Gasteiger partial charge on any atom is -0.444 e. The molecule has 2 aliphatic heterocycles. The average Bonchev–Trinajstić information content (AvgIpc) is 3.60. The SMILES string of the molecule is CCN(C(=O)OCc1ccc(NC(=O)[C@H](C)NC(=O)[C@@H](NC(=O)OC(C)(C)C)C(C)C)cc1)c1cc(C2CC(C)C2)c(NC=NC)c(N2Cc3c(SC)cc(CN4CCC[C@H](C)C4)cc3C2=O)n1. The first-order valence-electron chi connectivity index (χ1n) is 23.9. The summed E-state index contributed by atoms with van der Waals surface area (Å²) in [5.41, 5.74) is 4.86. The Morgan fingerprint density at radius 1 is 1.00 bits per heavy atom. The van der Waals surface area contributed by atoms with Crippen LogP contribution in [-0.4, -0.2) is 96.8 Å². The number of anilines is 4. The lowest BCUT2D eigenvalue weighted by Gasteiger charge is -2.36. The zero-order valence-corrected chi connectivity index (χ0v) is 42.5. The zero-order chi connectivity index (χ0) is 49.4. The van der Waals surface area contributed by atoms with Crippen LogP contribution in [0, 0.1) is 17.8 Å². The number of fused-ring (bicyclic) bond motifs is 1. The highest BCUT2D eigenvalue weighted by molar-refractivity contribution is 7.98. The van der Waals surface area contributed by atoms with Gasteiger partial charge in [0.1, 0.15) is 30.1 Å². The number of ether oxygens (including phenoxy) is 2. The van der Waals surface area contributed by atoms with Gasteiger partial charge in [-0.3, -0.25) is 34.1 Å². The van der Waals surface area contributed by atoms with Crippen molar-refractivity contribution in [3.63, 3.8) is 0 Å². The van der Waals surface area contributed by atoms with E-state index in [1.54, 1.807) is 95.9 Å². The third-order valence-electron chi connectivity index (χ3n) is 12.6. The normalized spacial score (nSPS) is 19.2. The average molecular weight is 954 g/mol. The number of piperidine rings is 1. The molecule has 1 aliphatic carbocycles. The summed E-state index contributed by atoms with van der Waals surface area (Å²) in [6.45, 7) is 20.1. The lowest BCUT2D eigenvalue weighted by molar-refractivity contribution is -0.128. The van der Waals surface area contributed by atoms with E-state index >= 15 is 0 Å². The molecular weight excluding hydrogens is 883 g/mol. The number of thioether (sulfide) groups is 1. The molecule has 4 N–H and O–H groups in total. The number of aliphatic imine (C=N–C) groups is 1. The Morgan fingerprint density at radius 3 is 2.34 bits per heavy atom. The molecule has 0 spiro atoms. The van der Waals surface area contributed by atoms with E-state index in [-0.39, 0.29) is 30.9 Å². The van der Waals surface area contributed by atoms with Crippen molar-refractivity contribution in [2.75, 3.05) is 53.4 Å². The van der Waals surface area contributed by atoms with Gasteiger partial charge in [0.25, 0.3) is 5.91 Å². The first kappa shape index (κ1) is 51.7. The highest BCUT2D eigenvalue weighted by atomic mass is 32.2. The molecule has 16 nitrogen and oxygen atoms in total. The van der Waals surface area contributed by atoms with Crippen LogP contribution in [0.15, 0.2) is 52.4 Å². The quantitative estimate of drug-likeness (QED) is 0.0575. The molecule has 3 aliphatic rings. The summed E-state index contributed by atoms with van der Waals surface area (Å²) in [6, 6.07) is 11.2. The van der Waals surface area contributed by atoms with Gasteiger partial charge in [-0.2, -0.15) is 0 Å². The van der Waals surface area contributed by atoms with Gasteiger partial charge in [-0.05, 0) is 149 Å². The van der Waals surface area contributed by atoms with E-state index in [9.17, 15) is 24.0 Å². The van der Waals surface area contributed by atoms with Crippen LogP contribution in [0.4, 0.5) is 32.6 Å². The molecule has 3 atom stereocenters. The number of hydrogen-bond donors (Lipinski definition) is 4. The zero-order valence-electron chi connectivity index (χ0n) is 41.7. The van der Waals surface area contributed by atoms with Crippen LogP contribution >= 0.6 is 11.8 Å². The molecule has 1 aromatic heterocycles. The first-order chi connectivity index (χ1) is 32.3. The summed E-state index contributed by atoms with van der Waals surface area (Å²) in [5, 5.41) is 11.5. The molecule has 68 heavy (non-hydrogen) atoms. The Balaban J connectivity index is 1.16. The lowest BCUT2D eigenvalue weighted by Crippen LogP contribution is -2.54. The number of amides is 5. The Morgan fingerprint density at radius 2 is 1.72 bits per heavy atom. The second-order valence-corrected chi connectivity index (χ2v) is 20.7. The highest BCUT2D eigenvalue weighted by Gasteiger charge is 2.38. The van der Waals surface area contributed by atoms with E-state index in [1.165, 1.54) is 17.7 Å². The molecule has 368 valence electrons. The molecule has 6 rings (SSSR count). The van der Waals surface area contributed by atoms with Crippen molar-refractivity contribution in [1.29, 1.82) is 0 Å². The number of carbonyl (C=O) groups is 5. The highest BCUT2D eigenvalue weighted by Crippen LogP contribution is 2.48. The van der Waals surface area contributed by atoms with Gasteiger partial charge in [0.05, 0.1) is 18.6 Å². The smallest absolute Gasteiger partial charge is 0.415 e. The molecule has 5 amide bonds. The summed E-state index contributed by atoms with van der Waals surface area (Å²) in [5.74, 6) is 0.810. The van der Waals surface area contributed by atoms with Crippen molar-refractivity contribution in [2.45, 2.75) is 136 Å². The minimum absolute atomic E-state index is 0.0558. The Bertz CT molecular complexity index is 2340. The number of rotatable bonds is 17. The van der Waals surface area contributed by atoms with Gasteiger partial charge in [0.15, 0.2) is 5.82 Å². The fourth-order valence-electron chi connectivity index (χ4n) is 9.07. The van der Waals surface area contributed by atoms with Gasteiger partial charge in [-0.15, -0.1) is 11.8 Å². The van der Waals surface area contributed by atoms with Crippen molar-refractivity contribution < 1.29 is 33.4 Å². The van der Waals surface area contributed by atoms with E-state index in [2.05, 4.69) is 63.4 Å². The van der Waals surface area contributed by atoms with E-state index in [0.29, 0.717) is 52.5 Å². The molecule has 0 unspecified atom stereocenters. The molecular formula is C51H71N9O7S. The third-order valence-corrected chi connectivity index (χ3v) is 13.4. The van der Waals surface area contributed by atoms with Crippen LogP contribution in [-0.2, 0) is 38.8 Å². The number of benzene rings is 2. The largest absolute Gasteiger partial charge is 0.444 e. The second-order valence-electron chi connectivity index (χ2n) is 19.9. The number of alkyl carbamates (subject to hydrolysis) is 1. The van der Waals surface area contributed by atoms with Crippen molar-refractivity contribution in [1.82, 2.24) is 20.5 Å². The molecule has 1 saturated heterocycles. The summed E-state index contributed by atoms with van der Waals surface area (Å²) >= 11 is 1.65. The predicted molar refractivity (Wildman–Crippen MR) is 270 cm³/mol. The standard InChI is InChI=1S/C51H71N9O7S/c1-12-59(50(65)66-28-34-15-17-37(18-16-34)55-46(61)33(6)54-47(62)43(30(2)3)57-49(64)67-51(7,8)9)42-24-38(36-20-32(5)21-36)44(53-29-52-10)45(56-42)60-27-40-39(48(60)63)22-35(23-41(40)68-11)26-58-19-13-14-31(4)25-58/h15-18,22-24,29-33,36,43H,12-14,19-21,25-28H2,1-11H3,(H,52,53)(H,54,62)(H,55,61)(H,57,64)/t31-,32?,33-,36?,43-/m0/s1. The van der Waals surface area contributed by atoms with Crippen LogP contribution in [0.3, 0.4) is 0 Å². The maximum Gasteiger partial charge on any atom is 0.415 e. The van der Waals surface area contributed by atoms with Gasteiger partial charge in [0, 0.05) is 42.8 Å². The summed E-state index contributed by atoms with van der Waals surface area (Å²) in [7, 11) is 1.69. The second kappa shape index (κ2) is 22.6. The van der Waals surface area contributed by atoms with Crippen LogP contribution in [0.5, 0.6) is 0 Å². The molecule has 1 saturated carbocycles. The number of aromatic nitrogens is 1. The monoisotopic (exact) mass is 954 g/mol. The molecule has 0 bridgehead atoms. The molecule has 2 fully saturated rings. The lowest BCUT2D eigenvalue weighted by atomic mass is 9.72. The van der Waals surface area contributed by atoms with E-state index < -0.39 is 41.7 Å². The van der Waals surface area contributed by atoms with Gasteiger partial charge < -0.3 is 30.7 Å². The fraction of sp³-hybridized carbons (Fsp3) is 0.549. The maximum absolute atomic E-state index is 14.7. The number of carbonyl (C=O) groups excluding carboxylic acids is 5. The van der Waals surface area contributed by atoms with Crippen molar-refractivity contribution in [3.05, 3.63) is 70.3 Å². The van der Waals surface area contributed by atoms with Crippen LogP contribution in [0.2, 0.25) is 0 Å². The van der Waals surface area contributed by atoms with Crippen molar-refractivity contribution >= 4 is 71.0 Å². The number of nitrogens with zero attached hydrogens (tertiary/aromatic N) is 5. The van der Waals surface area contributed by atoms with Gasteiger partial charge in [0.2, 0.25) is 11.8 Å². The van der Waals surface area contributed by atoms with Crippen LogP contribution < -0.4 is 31.1 Å². The third kappa shape index (κ3) is 12.9. The predicted octanol–water partition coefficient (Wildman–Crippen LogP) is 8.93. The van der Waals surface area contributed by atoms with Crippen LogP contribution in [0.1, 0.15) is 127 Å². The minimum atomic E-state index is -0.921. The van der Waals surface area contributed by atoms with Crippen molar-refractivity contribution in [3.8, 4) is 0 Å².